The number of nitrogens with one attached hydrogen (secondary N) is 1. The van der Waals surface area contributed by atoms with Gasteiger partial charge in [0, 0.05) is 18.1 Å². The first-order valence-corrected chi connectivity index (χ1v) is 9.20. The van der Waals surface area contributed by atoms with Crippen LogP contribution in [0.15, 0.2) is 0 Å². The zero-order chi connectivity index (χ0) is 13.9. The van der Waals surface area contributed by atoms with Crippen molar-refractivity contribution < 1.29 is 8.42 Å². The molecule has 0 saturated carbocycles. The molecule has 2 atom stereocenters. The van der Waals surface area contributed by atoms with Crippen molar-refractivity contribution in [1.82, 2.24) is 10.2 Å². The van der Waals surface area contributed by atoms with Gasteiger partial charge in [-0.15, -0.1) is 0 Å². The first kappa shape index (κ1) is 15.2. The van der Waals surface area contributed by atoms with Crippen LogP contribution in [0.1, 0.15) is 45.4 Å². The SMILES string of the molecule is CCNC1CC2CCCC(C1)N2CCCS(N)(=O)=O. The molecule has 0 aromatic heterocycles. The van der Waals surface area contributed by atoms with E-state index >= 15 is 0 Å². The Morgan fingerprint density at radius 3 is 2.42 bits per heavy atom. The van der Waals surface area contributed by atoms with Crippen LogP contribution >= 0.6 is 0 Å². The molecule has 0 spiro atoms. The molecule has 2 heterocycles. The predicted molar refractivity (Wildman–Crippen MR) is 77.4 cm³/mol. The third-order valence-corrected chi connectivity index (χ3v) is 5.32. The number of hydrogen-bond donors (Lipinski definition) is 2. The molecule has 5 nitrogen and oxygen atoms in total. The molecule has 0 amide bonds. The lowest BCUT2D eigenvalue weighted by Crippen LogP contribution is -2.56. The topological polar surface area (TPSA) is 75.4 Å². The summed E-state index contributed by atoms with van der Waals surface area (Å²) in [5, 5.41) is 8.64. The fourth-order valence-electron chi connectivity index (χ4n) is 3.75. The number of hydrogen-bond acceptors (Lipinski definition) is 4. The number of piperidine rings is 2. The van der Waals surface area contributed by atoms with E-state index in [0.29, 0.717) is 24.5 Å². The van der Waals surface area contributed by atoms with Crippen molar-refractivity contribution in [2.75, 3.05) is 18.8 Å². The summed E-state index contributed by atoms with van der Waals surface area (Å²) in [7, 11) is -3.31. The van der Waals surface area contributed by atoms with Crippen molar-refractivity contribution in [1.29, 1.82) is 0 Å². The van der Waals surface area contributed by atoms with Gasteiger partial charge >= 0.3 is 0 Å². The highest BCUT2D eigenvalue weighted by Gasteiger charge is 2.37. The first-order valence-electron chi connectivity index (χ1n) is 7.49. The van der Waals surface area contributed by atoms with Gasteiger partial charge in [-0.2, -0.15) is 0 Å². The lowest BCUT2D eigenvalue weighted by Gasteiger charge is -2.49. The smallest absolute Gasteiger partial charge is 0.209 e. The third-order valence-electron chi connectivity index (χ3n) is 4.46. The van der Waals surface area contributed by atoms with E-state index < -0.39 is 10.0 Å². The summed E-state index contributed by atoms with van der Waals surface area (Å²) in [6.45, 7) is 4.08. The molecule has 112 valence electrons. The fourth-order valence-corrected chi connectivity index (χ4v) is 4.28. The molecule has 2 aliphatic heterocycles. The first-order chi connectivity index (χ1) is 8.99. The van der Waals surface area contributed by atoms with Gasteiger partial charge in [-0.25, -0.2) is 13.6 Å². The maximum absolute atomic E-state index is 11.0. The maximum atomic E-state index is 11.0. The van der Waals surface area contributed by atoms with Crippen LogP contribution in [0, 0.1) is 0 Å². The Morgan fingerprint density at radius 2 is 1.89 bits per heavy atom. The molecule has 2 bridgehead atoms. The Labute approximate surface area is 117 Å². The lowest BCUT2D eigenvalue weighted by molar-refractivity contribution is 0.0253. The maximum Gasteiger partial charge on any atom is 0.209 e. The number of sulfonamides is 1. The second-order valence-electron chi connectivity index (χ2n) is 5.92. The third kappa shape index (κ3) is 4.41. The van der Waals surface area contributed by atoms with Crippen molar-refractivity contribution >= 4 is 10.0 Å². The van der Waals surface area contributed by atoms with Crippen molar-refractivity contribution in [3.63, 3.8) is 0 Å². The average molecular weight is 289 g/mol. The van der Waals surface area contributed by atoms with Gasteiger partial charge in [-0.1, -0.05) is 13.3 Å². The van der Waals surface area contributed by atoms with Crippen LogP contribution in [0.3, 0.4) is 0 Å². The van der Waals surface area contributed by atoms with E-state index in [2.05, 4.69) is 17.1 Å². The predicted octanol–water partition coefficient (Wildman–Crippen LogP) is 0.660. The number of nitrogens with two attached hydrogens (primary N) is 1. The van der Waals surface area contributed by atoms with Crippen LogP contribution < -0.4 is 10.5 Å². The van der Waals surface area contributed by atoms with Gasteiger partial charge in [0.2, 0.25) is 10.0 Å². The molecule has 2 unspecified atom stereocenters. The molecule has 2 saturated heterocycles. The minimum absolute atomic E-state index is 0.111. The molecule has 2 rings (SSSR count). The standard InChI is InChI=1S/C13H27N3O2S/c1-2-15-11-9-12-5-3-6-13(10-11)16(12)7-4-8-19(14,17)18/h11-13,15H,2-10H2,1H3,(H2,14,17,18). The van der Waals surface area contributed by atoms with Crippen LogP contribution in [-0.2, 0) is 10.0 Å². The minimum Gasteiger partial charge on any atom is -0.314 e. The summed E-state index contributed by atoms with van der Waals surface area (Å²) in [5.74, 6) is 0.111. The highest BCUT2D eigenvalue weighted by Crippen LogP contribution is 2.34. The van der Waals surface area contributed by atoms with Crippen LogP contribution in [0.2, 0.25) is 0 Å². The zero-order valence-electron chi connectivity index (χ0n) is 11.8. The quantitative estimate of drug-likeness (QED) is 0.753. The van der Waals surface area contributed by atoms with Gasteiger partial charge < -0.3 is 5.32 Å². The summed E-state index contributed by atoms with van der Waals surface area (Å²) in [4.78, 5) is 2.54. The summed E-state index contributed by atoms with van der Waals surface area (Å²) in [5.41, 5.74) is 0. The minimum atomic E-state index is -3.31. The van der Waals surface area contributed by atoms with Gasteiger partial charge in [-0.3, -0.25) is 4.90 Å². The molecule has 2 aliphatic rings. The fraction of sp³-hybridized carbons (Fsp3) is 1.00. The molecule has 19 heavy (non-hydrogen) atoms. The van der Waals surface area contributed by atoms with Gasteiger partial charge in [-0.05, 0) is 45.2 Å². The molecule has 0 aromatic rings. The number of rotatable bonds is 6. The van der Waals surface area contributed by atoms with Crippen molar-refractivity contribution in [3.8, 4) is 0 Å². The number of primary sulfonamides is 1. The van der Waals surface area contributed by atoms with E-state index in [1.807, 2.05) is 0 Å². The Hall–Kier alpha value is -0.170. The summed E-state index contributed by atoms with van der Waals surface area (Å²) < 4.78 is 22.0. The second kappa shape index (κ2) is 6.52. The molecule has 2 fully saturated rings. The molecular weight excluding hydrogens is 262 g/mol. The van der Waals surface area contributed by atoms with Crippen molar-refractivity contribution in [3.05, 3.63) is 0 Å². The van der Waals surface area contributed by atoms with Gasteiger partial charge in [0.25, 0.3) is 0 Å². The van der Waals surface area contributed by atoms with Crippen LogP contribution in [0.5, 0.6) is 0 Å². The number of nitrogens with zero attached hydrogens (tertiary/aromatic N) is 1. The average Bonchev–Trinajstić information content (AvgIpc) is 2.28. The largest absolute Gasteiger partial charge is 0.314 e. The van der Waals surface area contributed by atoms with Crippen LogP contribution in [0.4, 0.5) is 0 Å². The monoisotopic (exact) mass is 289 g/mol. The lowest BCUT2D eigenvalue weighted by atomic mass is 9.81. The zero-order valence-corrected chi connectivity index (χ0v) is 12.7. The summed E-state index contributed by atoms with van der Waals surface area (Å²) in [6.07, 6.45) is 6.92. The molecule has 3 N–H and O–H groups in total. The molecular formula is C13H27N3O2S. The van der Waals surface area contributed by atoms with E-state index in [0.717, 1.165) is 13.1 Å². The second-order valence-corrected chi connectivity index (χ2v) is 7.66. The Balaban J connectivity index is 1.87. The van der Waals surface area contributed by atoms with Gasteiger partial charge in [0.15, 0.2) is 0 Å². The summed E-state index contributed by atoms with van der Waals surface area (Å²) in [6, 6.07) is 1.92. The highest BCUT2D eigenvalue weighted by molar-refractivity contribution is 7.89. The highest BCUT2D eigenvalue weighted by atomic mass is 32.2. The van der Waals surface area contributed by atoms with Crippen molar-refractivity contribution in [2.45, 2.75) is 63.6 Å². The normalized spacial score (nSPS) is 32.4. The van der Waals surface area contributed by atoms with Crippen molar-refractivity contribution in [2.24, 2.45) is 5.14 Å². The Morgan fingerprint density at radius 1 is 1.26 bits per heavy atom. The Kier molecular flexibility index (Phi) is 5.22. The van der Waals surface area contributed by atoms with E-state index in [4.69, 9.17) is 5.14 Å². The van der Waals surface area contributed by atoms with E-state index in [1.165, 1.54) is 32.1 Å². The van der Waals surface area contributed by atoms with E-state index in [9.17, 15) is 8.42 Å². The van der Waals surface area contributed by atoms with Gasteiger partial charge in [0.05, 0.1) is 5.75 Å². The number of fused-ring (bicyclic) bond motifs is 2. The molecule has 0 radical (unpaired) electrons. The van der Waals surface area contributed by atoms with Gasteiger partial charge in [0.1, 0.15) is 0 Å². The Bertz CT molecular complexity index is 371. The summed E-state index contributed by atoms with van der Waals surface area (Å²) >= 11 is 0. The molecule has 6 heteroatoms. The molecule has 0 aliphatic carbocycles. The van der Waals surface area contributed by atoms with Crippen LogP contribution in [-0.4, -0.2) is 50.3 Å². The van der Waals surface area contributed by atoms with E-state index in [1.54, 1.807) is 0 Å². The van der Waals surface area contributed by atoms with Crippen LogP contribution in [0.25, 0.3) is 0 Å². The molecule has 0 aromatic carbocycles. The van der Waals surface area contributed by atoms with E-state index in [-0.39, 0.29) is 5.75 Å².